The van der Waals surface area contributed by atoms with Crippen molar-refractivity contribution in [3.63, 3.8) is 0 Å². The van der Waals surface area contributed by atoms with Crippen molar-refractivity contribution in [3.8, 4) is 0 Å². The van der Waals surface area contributed by atoms with Crippen molar-refractivity contribution in [1.29, 1.82) is 0 Å². The van der Waals surface area contributed by atoms with E-state index in [1.54, 1.807) is 4.68 Å². The molecule has 8 nitrogen and oxygen atoms in total. The van der Waals surface area contributed by atoms with Crippen molar-refractivity contribution in [2.75, 3.05) is 11.5 Å². The van der Waals surface area contributed by atoms with Crippen LogP contribution in [0.5, 0.6) is 0 Å². The number of hydrazone groups is 1. The average Bonchev–Trinajstić information content (AvgIpc) is 3.30. The number of amides is 1. The maximum Gasteiger partial charge on any atom is 0.307 e. The molecule has 1 fully saturated rings. The molecule has 29 heavy (non-hydrogen) atoms. The molecular weight excluding hydrogens is 392 g/mol. The number of fused-ring (bicyclic) bond motifs is 1. The predicted octanol–water partition coefficient (Wildman–Crippen LogP) is 2.68. The number of sulfone groups is 1. The number of furan rings is 1. The fourth-order valence-electron chi connectivity index (χ4n) is 3.78. The van der Waals surface area contributed by atoms with Crippen LogP contribution in [0.15, 0.2) is 33.8 Å². The molecule has 1 aliphatic rings. The minimum Gasteiger partial charge on any atom is -0.451 e. The lowest BCUT2D eigenvalue weighted by molar-refractivity contribution is 0.0928. The van der Waals surface area contributed by atoms with Crippen LogP contribution in [-0.2, 0) is 9.84 Å². The van der Waals surface area contributed by atoms with E-state index < -0.39 is 15.7 Å². The van der Waals surface area contributed by atoms with Gasteiger partial charge in [-0.2, -0.15) is 10.2 Å². The lowest BCUT2D eigenvalue weighted by Crippen LogP contribution is -2.18. The van der Waals surface area contributed by atoms with E-state index in [2.05, 4.69) is 15.6 Å². The van der Waals surface area contributed by atoms with Crippen LogP contribution in [0.2, 0.25) is 0 Å². The van der Waals surface area contributed by atoms with Gasteiger partial charge in [0, 0.05) is 22.2 Å². The minimum absolute atomic E-state index is 0.105. The first-order chi connectivity index (χ1) is 13.8. The van der Waals surface area contributed by atoms with Crippen LogP contribution < -0.4 is 5.43 Å². The Bertz CT molecular complexity index is 1240. The highest BCUT2D eigenvalue weighted by atomic mass is 32.2. The molecule has 152 valence electrons. The number of carbonyl (C=O) groups is 1. The van der Waals surface area contributed by atoms with Crippen LogP contribution >= 0.6 is 0 Å². The SMILES string of the molecule is Cc1nn([C@@H]2CCS(=O)(=O)C2)c(C)c1/C=N\NC(=O)c1oc2ccccc2c1C. The Morgan fingerprint density at radius 2 is 2.07 bits per heavy atom. The van der Waals surface area contributed by atoms with Gasteiger partial charge in [-0.25, -0.2) is 13.8 Å². The Morgan fingerprint density at radius 1 is 1.31 bits per heavy atom. The number of nitrogens with zero attached hydrogens (tertiary/aromatic N) is 3. The smallest absolute Gasteiger partial charge is 0.307 e. The van der Waals surface area contributed by atoms with Crippen LogP contribution in [0.1, 0.15) is 45.5 Å². The molecule has 1 atom stereocenters. The van der Waals surface area contributed by atoms with Crippen LogP contribution in [0.4, 0.5) is 0 Å². The second kappa shape index (κ2) is 7.14. The van der Waals surface area contributed by atoms with Gasteiger partial charge in [0.15, 0.2) is 15.6 Å². The molecule has 1 saturated heterocycles. The maximum absolute atomic E-state index is 12.5. The Labute approximate surface area is 168 Å². The second-order valence-electron chi connectivity index (χ2n) is 7.34. The zero-order valence-corrected chi connectivity index (χ0v) is 17.3. The molecule has 1 aliphatic heterocycles. The van der Waals surface area contributed by atoms with Crippen LogP contribution in [-0.4, -0.2) is 41.8 Å². The molecule has 3 heterocycles. The number of aryl methyl sites for hydroxylation is 2. The molecule has 4 rings (SSSR count). The van der Waals surface area contributed by atoms with Crippen molar-refractivity contribution < 1.29 is 17.6 Å². The zero-order valence-electron chi connectivity index (χ0n) is 16.5. The first kappa shape index (κ1) is 19.4. The lowest BCUT2D eigenvalue weighted by atomic mass is 10.1. The first-order valence-electron chi connectivity index (χ1n) is 9.34. The van der Waals surface area contributed by atoms with E-state index in [-0.39, 0.29) is 23.3 Å². The van der Waals surface area contributed by atoms with Gasteiger partial charge in [0.25, 0.3) is 0 Å². The van der Waals surface area contributed by atoms with E-state index in [0.29, 0.717) is 12.0 Å². The number of hydrogen-bond donors (Lipinski definition) is 1. The van der Waals surface area contributed by atoms with E-state index in [0.717, 1.165) is 27.9 Å². The predicted molar refractivity (Wildman–Crippen MR) is 110 cm³/mol. The standard InChI is InChI=1S/C20H22N4O4S/c1-12-16-6-4-5-7-18(16)28-19(12)20(25)22-21-10-17-13(2)23-24(14(17)3)15-8-9-29(26,27)11-15/h4-7,10,15H,8-9,11H2,1-3H3,(H,22,25)/b21-10-/t15-/m1/s1. The first-order valence-corrected chi connectivity index (χ1v) is 11.2. The van der Waals surface area contributed by atoms with Crippen LogP contribution in [0.25, 0.3) is 11.0 Å². The van der Waals surface area contributed by atoms with E-state index >= 15 is 0 Å². The number of para-hydroxylation sites is 1. The Morgan fingerprint density at radius 3 is 2.76 bits per heavy atom. The van der Waals surface area contributed by atoms with Gasteiger partial charge in [-0.15, -0.1) is 0 Å². The fourth-order valence-corrected chi connectivity index (χ4v) is 5.48. The second-order valence-corrected chi connectivity index (χ2v) is 9.57. The summed E-state index contributed by atoms with van der Waals surface area (Å²) in [5.41, 5.74) is 6.22. The third-order valence-corrected chi connectivity index (χ3v) is 7.10. The van der Waals surface area contributed by atoms with Gasteiger partial charge in [0.2, 0.25) is 0 Å². The lowest BCUT2D eigenvalue weighted by Gasteiger charge is -2.10. The summed E-state index contributed by atoms with van der Waals surface area (Å²) in [6.07, 6.45) is 2.09. The fraction of sp³-hybridized carbons (Fsp3) is 0.350. The highest BCUT2D eigenvalue weighted by molar-refractivity contribution is 7.91. The van der Waals surface area contributed by atoms with Gasteiger partial charge in [-0.05, 0) is 33.3 Å². The van der Waals surface area contributed by atoms with Gasteiger partial charge in [-0.1, -0.05) is 18.2 Å². The summed E-state index contributed by atoms with van der Waals surface area (Å²) in [6.45, 7) is 5.54. The summed E-state index contributed by atoms with van der Waals surface area (Å²) in [4.78, 5) is 12.5. The number of hydrogen-bond acceptors (Lipinski definition) is 6. The average molecular weight is 414 g/mol. The van der Waals surface area contributed by atoms with E-state index in [1.165, 1.54) is 6.21 Å². The number of rotatable bonds is 4. The molecule has 0 unspecified atom stereocenters. The monoisotopic (exact) mass is 414 g/mol. The number of benzene rings is 1. The Hall–Kier alpha value is -2.94. The molecule has 0 bridgehead atoms. The summed E-state index contributed by atoms with van der Waals surface area (Å²) in [5, 5.41) is 9.44. The van der Waals surface area contributed by atoms with E-state index in [9.17, 15) is 13.2 Å². The molecule has 2 aromatic heterocycles. The normalized spacial score (nSPS) is 18.7. The van der Waals surface area contributed by atoms with Crippen molar-refractivity contribution in [1.82, 2.24) is 15.2 Å². The molecule has 3 aromatic rings. The van der Waals surface area contributed by atoms with E-state index in [1.807, 2.05) is 45.0 Å². The highest BCUT2D eigenvalue weighted by Crippen LogP contribution is 2.26. The topological polar surface area (TPSA) is 107 Å². The van der Waals surface area contributed by atoms with Crippen LogP contribution in [0, 0.1) is 20.8 Å². The molecule has 1 aromatic carbocycles. The number of nitrogens with one attached hydrogen (secondary N) is 1. The molecule has 1 N–H and O–H groups in total. The molecule has 0 saturated carbocycles. The third kappa shape index (κ3) is 3.57. The van der Waals surface area contributed by atoms with Crippen molar-refractivity contribution in [2.45, 2.75) is 33.2 Å². The molecule has 1 amide bonds. The van der Waals surface area contributed by atoms with Gasteiger partial charge in [0.1, 0.15) is 5.58 Å². The number of carbonyl (C=O) groups excluding carboxylic acids is 1. The Balaban J connectivity index is 1.52. The van der Waals surface area contributed by atoms with Gasteiger partial charge < -0.3 is 4.42 Å². The quantitative estimate of drug-likeness (QED) is 0.522. The van der Waals surface area contributed by atoms with Crippen molar-refractivity contribution >= 4 is 32.9 Å². The van der Waals surface area contributed by atoms with Gasteiger partial charge in [0.05, 0.1) is 29.5 Å². The molecule has 0 aliphatic carbocycles. The number of aromatic nitrogens is 2. The maximum atomic E-state index is 12.5. The summed E-state index contributed by atoms with van der Waals surface area (Å²) in [5.74, 6) is 0.0862. The third-order valence-electron chi connectivity index (χ3n) is 5.34. The molecule has 0 radical (unpaired) electrons. The zero-order chi connectivity index (χ0) is 20.8. The van der Waals surface area contributed by atoms with Crippen molar-refractivity contribution in [3.05, 3.63) is 52.5 Å². The molecular formula is C20H22N4O4S. The summed E-state index contributed by atoms with van der Waals surface area (Å²) < 4.78 is 30.9. The molecule has 0 spiro atoms. The highest BCUT2D eigenvalue weighted by Gasteiger charge is 2.31. The van der Waals surface area contributed by atoms with Crippen molar-refractivity contribution in [2.24, 2.45) is 5.10 Å². The van der Waals surface area contributed by atoms with Crippen LogP contribution in [0.3, 0.4) is 0 Å². The molecule has 9 heteroatoms. The van der Waals surface area contributed by atoms with E-state index in [4.69, 9.17) is 4.42 Å². The summed E-state index contributed by atoms with van der Waals surface area (Å²) in [7, 11) is -3.00. The van der Waals surface area contributed by atoms with Gasteiger partial charge in [-0.3, -0.25) is 9.48 Å². The van der Waals surface area contributed by atoms with Gasteiger partial charge >= 0.3 is 5.91 Å². The Kier molecular flexibility index (Phi) is 4.77. The summed E-state index contributed by atoms with van der Waals surface area (Å²) in [6, 6.07) is 7.30. The summed E-state index contributed by atoms with van der Waals surface area (Å²) >= 11 is 0. The largest absolute Gasteiger partial charge is 0.451 e. The minimum atomic E-state index is -3.00.